The number of rotatable bonds is 5. The molecule has 1 amide bonds. The van der Waals surface area contributed by atoms with Crippen LogP contribution in [0.1, 0.15) is 43.6 Å². The molecular formula is C20H26ClN3O3. The van der Waals surface area contributed by atoms with Gasteiger partial charge in [-0.15, -0.1) is 0 Å². The summed E-state index contributed by atoms with van der Waals surface area (Å²) in [6.45, 7) is 5.06. The third-order valence-corrected chi connectivity index (χ3v) is 5.24. The Morgan fingerprint density at radius 1 is 1.37 bits per heavy atom. The van der Waals surface area contributed by atoms with Crippen molar-refractivity contribution in [1.29, 1.82) is 0 Å². The average Bonchev–Trinajstić information content (AvgIpc) is 3.10. The Morgan fingerprint density at radius 2 is 2.07 bits per heavy atom. The maximum atomic E-state index is 12.8. The third-order valence-electron chi connectivity index (χ3n) is 4.95. The minimum Gasteiger partial charge on any atom is -0.495 e. The number of nitrogens with one attached hydrogen (secondary N) is 1. The summed E-state index contributed by atoms with van der Waals surface area (Å²) < 4.78 is 5.16. The standard InChI is InChI=1S/C20H26ClN3O3/c1-20(2,26)12-13-6-8-24(9-7-13)19(25)17-11-16(22-23-17)14-4-5-18(27-3)15(21)10-14/h4-5,10-11,13,26H,6-9,12H2,1-3H3,(H,22,23). The summed E-state index contributed by atoms with van der Waals surface area (Å²) in [5.41, 5.74) is 1.30. The second-order valence-electron chi connectivity index (χ2n) is 7.77. The fourth-order valence-electron chi connectivity index (χ4n) is 3.62. The molecule has 0 saturated carbocycles. The number of hydrogen-bond acceptors (Lipinski definition) is 4. The van der Waals surface area contributed by atoms with Gasteiger partial charge in [-0.3, -0.25) is 9.89 Å². The van der Waals surface area contributed by atoms with Gasteiger partial charge in [0.05, 0.1) is 23.4 Å². The van der Waals surface area contributed by atoms with Crippen molar-refractivity contribution >= 4 is 17.5 Å². The van der Waals surface area contributed by atoms with E-state index >= 15 is 0 Å². The highest BCUT2D eigenvalue weighted by Gasteiger charge is 2.28. The molecule has 1 aromatic heterocycles. The maximum Gasteiger partial charge on any atom is 0.271 e. The zero-order valence-corrected chi connectivity index (χ0v) is 16.7. The number of carbonyl (C=O) groups excluding carboxylic acids is 1. The molecule has 7 heteroatoms. The number of H-pyrrole nitrogens is 1. The van der Waals surface area contributed by atoms with Gasteiger partial charge >= 0.3 is 0 Å². The number of aromatic amines is 1. The molecule has 1 aliphatic heterocycles. The normalized spacial score (nSPS) is 15.8. The van der Waals surface area contributed by atoms with Crippen LogP contribution in [-0.4, -0.2) is 51.9 Å². The Kier molecular flexibility index (Phi) is 5.77. The van der Waals surface area contributed by atoms with Gasteiger partial charge in [0.15, 0.2) is 0 Å². The number of piperidine rings is 1. The first-order valence-electron chi connectivity index (χ1n) is 9.18. The summed E-state index contributed by atoms with van der Waals surface area (Å²) in [6.07, 6.45) is 2.58. The van der Waals surface area contributed by atoms with Crippen LogP contribution in [0, 0.1) is 5.92 Å². The van der Waals surface area contributed by atoms with E-state index in [2.05, 4.69) is 10.2 Å². The highest BCUT2D eigenvalue weighted by molar-refractivity contribution is 6.32. The maximum absolute atomic E-state index is 12.8. The minimum absolute atomic E-state index is 0.0462. The zero-order valence-electron chi connectivity index (χ0n) is 16.0. The van der Waals surface area contributed by atoms with E-state index in [9.17, 15) is 9.90 Å². The molecule has 0 unspecified atom stereocenters. The SMILES string of the molecule is COc1ccc(-c2cc(C(=O)N3CCC(CC(C)(C)O)CC3)[nH]n2)cc1Cl. The molecule has 0 spiro atoms. The number of aromatic nitrogens is 2. The predicted octanol–water partition coefficient (Wildman–Crippen LogP) is 3.75. The first kappa shape index (κ1) is 19.7. The number of carbonyl (C=O) groups is 1. The Labute approximate surface area is 164 Å². The van der Waals surface area contributed by atoms with Crippen LogP contribution in [0.25, 0.3) is 11.3 Å². The Bertz CT molecular complexity index is 805. The number of likely N-dealkylation sites (tertiary alicyclic amines) is 1. The molecule has 6 nitrogen and oxygen atoms in total. The summed E-state index contributed by atoms with van der Waals surface area (Å²) in [5, 5.41) is 17.6. The number of amides is 1. The number of nitrogens with zero attached hydrogens (tertiary/aromatic N) is 2. The smallest absolute Gasteiger partial charge is 0.271 e. The van der Waals surface area contributed by atoms with Crippen molar-refractivity contribution in [3.63, 3.8) is 0 Å². The van der Waals surface area contributed by atoms with E-state index in [1.807, 2.05) is 24.8 Å². The van der Waals surface area contributed by atoms with E-state index < -0.39 is 5.60 Å². The van der Waals surface area contributed by atoms with E-state index in [1.165, 1.54) is 0 Å². The molecule has 0 bridgehead atoms. The van der Waals surface area contributed by atoms with E-state index in [0.29, 0.717) is 41.2 Å². The Morgan fingerprint density at radius 3 is 2.67 bits per heavy atom. The quantitative estimate of drug-likeness (QED) is 0.813. The lowest BCUT2D eigenvalue weighted by atomic mass is 9.86. The highest BCUT2D eigenvalue weighted by atomic mass is 35.5. The van der Waals surface area contributed by atoms with Crippen molar-refractivity contribution in [2.75, 3.05) is 20.2 Å². The van der Waals surface area contributed by atoms with Crippen molar-refractivity contribution in [2.45, 2.75) is 38.7 Å². The van der Waals surface area contributed by atoms with Crippen LogP contribution in [0.5, 0.6) is 5.75 Å². The topological polar surface area (TPSA) is 78.5 Å². The third kappa shape index (κ3) is 4.82. The summed E-state index contributed by atoms with van der Waals surface area (Å²) in [6, 6.07) is 7.16. The van der Waals surface area contributed by atoms with Crippen LogP contribution >= 0.6 is 11.6 Å². The molecule has 0 aliphatic carbocycles. The summed E-state index contributed by atoms with van der Waals surface area (Å²) in [7, 11) is 1.57. The number of benzene rings is 1. The van der Waals surface area contributed by atoms with Gasteiger partial charge in [0.25, 0.3) is 5.91 Å². The Hall–Kier alpha value is -2.05. The van der Waals surface area contributed by atoms with Crippen molar-refractivity contribution in [3.05, 3.63) is 35.0 Å². The van der Waals surface area contributed by atoms with E-state index in [1.54, 1.807) is 25.3 Å². The van der Waals surface area contributed by atoms with Gasteiger partial charge in [0, 0.05) is 18.7 Å². The summed E-state index contributed by atoms with van der Waals surface area (Å²) in [5.74, 6) is 1.00. The molecule has 0 atom stereocenters. The monoisotopic (exact) mass is 391 g/mol. The van der Waals surface area contributed by atoms with Crippen LogP contribution in [0.4, 0.5) is 0 Å². The van der Waals surface area contributed by atoms with Crippen molar-refractivity contribution < 1.29 is 14.6 Å². The first-order chi connectivity index (χ1) is 12.8. The lowest BCUT2D eigenvalue weighted by molar-refractivity contribution is 0.0357. The van der Waals surface area contributed by atoms with Gasteiger partial charge in [-0.05, 0) is 63.3 Å². The van der Waals surface area contributed by atoms with Gasteiger partial charge in [-0.25, -0.2) is 0 Å². The molecule has 1 aromatic carbocycles. The fourth-order valence-corrected chi connectivity index (χ4v) is 3.88. The molecule has 2 N–H and O–H groups in total. The van der Waals surface area contributed by atoms with Gasteiger partial charge in [0.1, 0.15) is 11.4 Å². The van der Waals surface area contributed by atoms with Gasteiger partial charge < -0.3 is 14.7 Å². The van der Waals surface area contributed by atoms with Crippen LogP contribution in [0.2, 0.25) is 5.02 Å². The number of ether oxygens (including phenoxy) is 1. The molecule has 146 valence electrons. The molecule has 2 aromatic rings. The van der Waals surface area contributed by atoms with E-state index in [0.717, 1.165) is 24.8 Å². The number of halogens is 1. The molecule has 0 radical (unpaired) electrons. The van der Waals surface area contributed by atoms with Crippen molar-refractivity contribution in [1.82, 2.24) is 15.1 Å². The second-order valence-corrected chi connectivity index (χ2v) is 8.18. The minimum atomic E-state index is -0.658. The predicted molar refractivity (Wildman–Crippen MR) is 105 cm³/mol. The van der Waals surface area contributed by atoms with Gasteiger partial charge in [-0.1, -0.05) is 11.6 Å². The summed E-state index contributed by atoms with van der Waals surface area (Å²) >= 11 is 6.17. The molecule has 1 fully saturated rings. The van der Waals surface area contributed by atoms with E-state index in [4.69, 9.17) is 16.3 Å². The molecule has 2 heterocycles. The van der Waals surface area contributed by atoms with Crippen LogP contribution in [-0.2, 0) is 0 Å². The number of methoxy groups -OCH3 is 1. The Balaban J connectivity index is 1.65. The van der Waals surface area contributed by atoms with Crippen LogP contribution < -0.4 is 4.74 Å². The molecule has 27 heavy (non-hydrogen) atoms. The lowest BCUT2D eigenvalue weighted by Crippen LogP contribution is -2.40. The van der Waals surface area contributed by atoms with Crippen LogP contribution in [0.15, 0.2) is 24.3 Å². The fraction of sp³-hybridized carbons (Fsp3) is 0.500. The molecular weight excluding hydrogens is 366 g/mol. The largest absolute Gasteiger partial charge is 0.495 e. The average molecular weight is 392 g/mol. The highest BCUT2D eigenvalue weighted by Crippen LogP contribution is 2.30. The number of aliphatic hydroxyl groups is 1. The van der Waals surface area contributed by atoms with Crippen LogP contribution in [0.3, 0.4) is 0 Å². The summed E-state index contributed by atoms with van der Waals surface area (Å²) in [4.78, 5) is 14.6. The molecule has 3 rings (SSSR count). The molecule has 1 aliphatic rings. The lowest BCUT2D eigenvalue weighted by Gasteiger charge is -2.34. The van der Waals surface area contributed by atoms with Gasteiger partial charge in [0.2, 0.25) is 0 Å². The molecule has 1 saturated heterocycles. The number of hydrogen-bond donors (Lipinski definition) is 2. The van der Waals surface area contributed by atoms with Crippen molar-refractivity contribution in [2.24, 2.45) is 5.92 Å². The second kappa shape index (κ2) is 7.90. The van der Waals surface area contributed by atoms with E-state index in [-0.39, 0.29) is 5.91 Å². The zero-order chi connectivity index (χ0) is 19.6. The van der Waals surface area contributed by atoms with Gasteiger partial charge in [-0.2, -0.15) is 5.10 Å². The first-order valence-corrected chi connectivity index (χ1v) is 9.55. The van der Waals surface area contributed by atoms with Crippen molar-refractivity contribution in [3.8, 4) is 17.0 Å².